The highest BCUT2D eigenvalue weighted by Crippen LogP contribution is 2.43. The summed E-state index contributed by atoms with van der Waals surface area (Å²) in [5.41, 5.74) is 0.518. The molecule has 0 aliphatic heterocycles. The van der Waals surface area contributed by atoms with Crippen molar-refractivity contribution in [2.45, 2.75) is 116 Å². The Morgan fingerprint density at radius 3 is 1.83 bits per heavy atom. The molecule has 1 N–H and O–H groups in total. The van der Waals surface area contributed by atoms with Gasteiger partial charge < -0.3 is 9.53 Å². The molecule has 0 atom stereocenters. The van der Waals surface area contributed by atoms with Gasteiger partial charge in [0.05, 0.1) is 6.61 Å². The lowest BCUT2D eigenvalue weighted by Gasteiger charge is -2.41. The number of unbranched alkanes of at least 4 members (excludes halogenated alkanes) is 2. The van der Waals surface area contributed by atoms with Crippen LogP contribution in [0.1, 0.15) is 111 Å². The molecule has 0 radical (unpaired) electrons. The molecule has 2 saturated carbocycles. The molecule has 0 amide bonds. The van der Waals surface area contributed by atoms with Gasteiger partial charge in [-0.05, 0) is 90.4 Å². The highest BCUT2D eigenvalue weighted by Gasteiger charge is 2.49. The Kier molecular flexibility index (Phi) is 12.1. The number of hydrogen-bond acceptors (Lipinski definition) is 3. The fraction of sp³-hybridized carbons (Fsp3) is 0.605. The fourth-order valence-corrected chi connectivity index (χ4v) is 11.5. The van der Waals surface area contributed by atoms with Crippen molar-refractivity contribution in [3.63, 3.8) is 0 Å². The van der Waals surface area contributed by atoms with Crippen LogP contribution in [-0.2, 0) is 9.53 Å². The molecule has 2 aliphatic rings. The van der Waals surface area contributed by atoms with Gasteiger partial charge in [-0.3, -0.25) is 0 Å². The molecule has 0 aromatic heterocycles. The summed E-state index contributed by atoms with van der Waals surface area (Å²) in [7, 11) is -3.10. The van der Waals surface area contributed by atoms with Gasteiger partial charge in [0.15, 0.2) is 0 Å². The van der Waals surface area contributed by atoms with Crippen LogP contribution in [0.3, 0.4) is 0 Å². The highest BCUT2D eigenvalue weighted by atomic mass is 28.4. The van der Waals surface area contributed by atoms with E-state index in [4.69, 9.17) is 4.74 Å². The Hall–Kier alpha value is -2.17. The van der Waals surface area contributed by atoms with Crippen LogP contribution < -0.4 is 10.4 Å². The lowest BCUT2D eigenvalue weighted by Crippen LogP contribution is -2.65. The smallest absolute Gasteiger partial charge is 0.333 e. The minimum Gasteiger partial charge on any atom is -0.462 e. The van der Waals surface area contributed by atoms with Crippen LogP contribution in [0.4, 0.5) is 0 Å². The third-order valence-corrected chi connectivity index (χ3v) is 15.4. The summed E-state index contributed by atoms with van der Waals surface area (Å²) in [6.07, 6.45) is 17.5. The molecule has 2 aromatic rings. The standard InChI is InChI=1S/C38H56O3Si/c1-5-6-9-14-31-19-23-33(24-20-31)34-25-21-32(22-26-34)29-41-37(39)30(2)27-28-38(3,4)42(40,35-15-10-7-11-16-35)36-17-12-8-13-18-36/h7-8,10-13,15-18,31-34,40H,2,5-6,9,14,19-29H2,1,3-4H3. The van der Waals surface area contributed by atoms with Crippen LogP contribution in [0.25, 0.3) is 0 Å². The van der Waals surface area contributed by atoms with E-state index in [9.17, 15) is 9.59 Å². The van der Waals surface area contributed by atoms with E-state index in [2.05, 4.69) is 27.4 Å². The molecule has 42 heavy (non-hydrogen) atoms. The number of carbonyl (C=O) groups excluding carboxylic acids is 1. The number of carbonyl (C=O) groups is 1. The predicted molar refractivity (Wildman–Crippen MR) is 179 cm³/mol. The van der Waals surface area contributed by atoms with Gasteiger partial charge in [0.2, 0.25) is 0 Å². The Balaban J connectivity index is 1.22. The van der Waals surface area contributed by atoms with Gasteiger partial charge in [-0.1, -0.05) is 127 Å². The Labute approximate surface area is 257 Å². The zero-order chi connectivity index (χ0) is 30.0. The van der Waals surface area contributed by atoms with Crippen molar-refractivity contribution in [2.24, 2.45) is 23.7 Å². The minimum atomic E-state index is -3.10. The summed E-state index contributed by atoms with van der Waals surface area (Å²) in [4.78, 5) is 25.3. The number of hydrogen-bond donors (Lipinski definition) is 1. The number of ether oxygens (including phenoxy) is 1. The highest BCUT2D eigenvalue weighted by molar-refractivity contribution is 6.98. The predicted octanol–water partition coefficient (Wildman–Crippen LogP) is 8.59. The summed E-state index contributed by atoms with van der Waals surface area (Å²) >= 11 is 0. The summed E-state index contributed by atoms with van der Waals surface area (Å²) in [6.45, 7) is 11.2. The number of esters is 1. The Bertz CT molecular complexity index is 1060. The second-order valence-corrected chi connectivity index (χ2v) is 18.0. The lowest BCUT2D eigenvalue weighted by atomic mass is 9.69. The maximum Gasteiger partial charge on any atom is 0.333 e. The molecule has 4 heteroatoms. The minimum absolute atomic E-state index is 0.265. The van der Waals surface area contributed by atoms with Crippen molar-refractivity contribution in [3.05, 3.63) is 72.8 Å². The Morgan fingerprint density at radius 1 is 0.833 bits per heavy atom. The van der Waals surface area contributed by atoms with E-state index in [-0.39, 0.29) is 5.97 Å². The molecule has 2 fully saturated rings. The topological polar surface area (TPSA) is 46.5 Å². The summed E-state index contributed by atoms with van der Waals surface area (Å²) < 4.78 is 5.82. The van der Waals surface area contributed by atoms with E-state index in [0.717, 1.165) is 28.1 Å². The molecule has 230 valence electrons. The first-order valence-electron chi connectivity index (χ1n) is 16.9. The summed E-state index contributed by atoms with van der Waals surface area (Å²) in [5, 5.41) is 1.57. The van der Waals surface area contributed by atoms with Crippen LogP contribution in [0.15, 0.2) is 72.8 Å². The molecular formula is C38H56O3Si. The number of benzene rings is 2. The summed E-state index contributed by atoms with van der Waals surface area (Å²) in [5.74, 6) is 3.00. The lowest BCUT2D eigenvalue weighted by molar-refractivity contribution is -0.141. The van der Waals surface area contributed by atoms with E-state index in [1.54, 1.807) is 0 Å². The van der Waals surface area contributed by atoms with E-state index in [1.165, 1.54) is 77.0 Å². The van der Waals surface area contributed by atoms with Crippen LogP contribution in [0, 0.1) is 23.7 Å². The SMILES string of the molecule is C=C(CCC(C)(C)[Si](O)(c1ccccc1)c1ccccc1)C(=O)OCC1CCC(C2CCC(CCCCC)CC2)CC1. The van der Waals surface area contributed by atoms with E-state index in [0.29, 0.717) is 30.9 Å². The maximum absolute atomic E-state index is 13.0. The van der Waals surface area contributed by atoms with Crippen molar-refractivity contribution in [3.8, 4) is 0 Å². The van der Waals surface area contributed by atoms with Gasteiger partial charge in [0, 0.05) is 5.57 Å². The third kappa shape index (κ3) is 8.26. The van der Waals surface area contributed by atoms with Gasteiger partial charge in [0.25, 0.3) is 8.32 Å². The largest absolute Gasteiger partial charge is 0.462 e. The van der Waals surface area contributed by atoms with Crippen LogP contribution in [-0.4, -0.2) is 25.7 Å². The molecule has 0 saturated heterocycles. The normalized spacial score (nSPS) is 23.3. The molecule has 0 spiro atoms. The van der Waals surface area contributed by atoms with Crippen molar-refractivity contribution in [1.29, 1.82) is 0 Å². The zero-order valence-electron chi connectivity index (χ0n) is 26.7. The first kappa shape index (κ1) is 32.7. The molecule has 0 bridgehead atoms. The fourth-order valence-electron chi connectivity index (χ4n) is 7.81. The molecule has 0 unspecified atom stereocenters. The van der Waals surface area contributed by atoms with E-state index < -0.39 is 13.4 Å². The second-order valence-electron chi connectivity index (χ2n) is 14.1. The van der Waals surface area contributed by atoms with Crippen molar-refractivity contribution >= 4 is 24.7 Å². The number of rotatable bonds is 14. The first-order valence-corrected chi connectivity index (χ1v) is 18.9. The molecule has 4 rings (SSSR count). The van der Waals surface area contributed by atoms with Crippen LogP contribution in [0.2, 0.25) is 5.04 Å². The van der Waals surface area contributed by atoms with Gasteiger partial charge in [-0.25, -0.2) is 4.79 Å². The van der Waals surface area contributed by atoms with Crippen LogP contribution >= 0.6 is 0 Å². The maximum atomic E-state index is 13.0. The monoisotopic (exact) mass is 588 g/mol. The third-order valence-electron chi connectivity index (χ3n) is 10.8. The van der Waals surface area contributed by atoms with Gasteiger partial charge in [-0.2, -0.15) is 0 Å². The average Bonchev–Trinajstić information content (AvgIpc) is 3.03. The van der Waals surface area contributed by atoms with Crippen LogP contribution in [0.5, 0.6) is 0 Å². The molecular weight excluding hydrogens is 533 g/mol. The molecule has 2 aromatic carbocycles. The first-order chi connectivity index (χ1) is 20.2. The molecule has 2 aliphatic carbocycles. The molecule has 0 heterocycles. The van der Waals surface area contributed by atoms with Crippen molar-refractivity contribution in [2.75, 3.05) is 6.61 Å². The molecule has 3 nitrogen and oxygen atoms in total. The zero-order valence-corrected chi connectivity index (χ0v) is 27.7. The van der Waals surface area contributed by atoms with Gasteiger partial charge >= 0.3 is 5.97 Å². The van der Waals surface area contributed by atoms with Crippen molar-refractivity contribution in [1.82, 2.24) is 0 Å². The average molecular weight is 589 g/mol. The second kappa shape index (κ2) is 15.5. The Morgan fingerprint density at radius 2 is 1.33 bits per heavy atom. The van der Waals surface area contributed by atoms with E-state index in [1.807, 2.05) is 60.7 Å². The van der Waals surface area contributed by atoms with Crippen molar-refractivity contribution < 1.29 is 14.3 Å². The summed E-state index contributed by atoms with van der Waals surface area (Å²) in [6, 6.07) is 20.1. The van der Waals surface area contributed by atoms with Gasteiger partial charge in [0.1, 0.15) is 0 Å². The quantitative estimate of drug-likeness (QED) is 0.104. The van der Waals surface area contributed by atoms with E-state index >= 15 is 0 Å². The van der Waals surface area contributed by atoms with Gasteiger partial charge in [-0.15, -0.1) is 0 Å².